The maximum absolute atomic E-state index is 13.6. The molecule has 130 valence electrons. The lowest BCUT2D eigenvalue weighted by atomic mass is 10.1. The van der Waals surface area contributed by atoms with Crippen LogP contribution in [0.25, 0.3) is 0 Å². The molecule has 0 bridgehead atoms. The van der Waals surface area contributed by atoms with Crippen molar-refractivity contribution in [3.63, 3.8) is 0 Å². The van der Waals surface area contributed by atoms with Crippen molar-refractivity contribution < 1.29 is 22.3 Å². The molecule has 0 unspecified atom stereocenters. The van der Waals surface area contributed by atoms with Crippen LogP contribution >= 0.6 is 0 Å². The summed E-state index contributed by atoms with van der Waals surface area (Å²) in [6, 6.07) is 9.16. The Morgan fingerprint density at radius 2 is 1.83 bits per heavy atom. The lowest BCUT2D eigenvalue weighted by molar-refractivity contribution is 0.398. The number of benzene rings is 2. The quantitative estimate of drug-likeness (QED) is 0.831. The van der Waals surface area contributed by atoms with Crippen LogP contribution in [0.1, 0.15) is 11.1 Å². The predicted molar refractivity (Wildman–Crippen MR) is 89.6 cm³/mol. The van der Waals surface area contributed by atoms with Crippen molar-refractivity contribution in [2.24, 2.45) is 0 Å². The van der Waals surface area contributed by atoms with Gasteiger partial charge >= 0.3 is 0 Å². The summed E-state index contributed by atoms with van der Waals surface area (Å²) >= 11 is 0. The standard InChI is InChI=1S/C17H20FNO4S/c1-12-4-6-15(11-16(12)18)24(20,21)19-9-8-13-10-14(22-2)5-7-17(13)23-3/h4-7,10-11,19H,8-9H2,1-3H3. The first-order valence-electron chi connectivity index (χ1n) is 7.34. The van der Waals surface area contributed by atoms with Gasteiger partial charge in [-0.3, -0.25) is 0 Å². The van der Waals surface area contributed by atoms with Gasteiger partial charge in [-0.2, -0.15) is 0 Å². The molecule has 0 amide bonds. The summed E-state index contributed by atoms with van der Waals surface area (Å²) in [5, 5.41) is 0. The van der Waals surface area contributed by atoms with E-state index in [1.165, 1.54) is 12.1 Å². The highest BCUT2D eigenvalue weighted by molar-refractivity contribution is 7.89. The molecule has 2 aromatic rings. The van der Waals surface area contributed by atoms with E-state index in [-0.39, 0.29) is 11.4 Å². The molecule has 0 radical (unpaired) electrons. The van der Waals surface area contributed by atoms with E-state index >= 15 is 0 Å². The highest BCUT2D eigenvalue weighted by atomic mass is 32.2. The second kappa shape index (κ2) is 7.63. The number of rotatable bonds is 7. The van der Waals surface area contributed by atoms with Gasteiger partial charge in [0.2, 0.25) is 10.0 Å². The highest BCUT2D eigenvalue weighted by Gasteiger charge is 2.15. The summed E-state index contributed by atoms with van der Waals surface area (Å²) in [7, 11) is -0.665. The van der Waals surface area contributed by atoms with Crippen molar-refractivity contribution in [2.75, 3.05) is 20.8 Å². The van der Waals surface area contributed by atoms with E-state index in [4.69, 9.17) is 9.47 Å². The van der Waals surface area contributed by atoms with Crippen LogP contribution < -0.4 is 14.2 Å². The fourth-order valence-electron chi connectivity index (χ4n) is 2.22. The fraction of sp³-hybridized carbons (Fsp3) is 0.294. The van der Waals surface area contributed by atoms with Crippen LogP contribution in [0.4, 0.5) is 4.39 Å². The van der Waals surface area contributed by atoms with Gasteiger partial charge in [0, 0.05) is 6.54 Å². The van der Waals surface area contributed by atoms with Crippen molar-refractivity contribution in [3.8, 4) is 11.5 Å². The van der Waals surface area contributed by atoms with E-state index in [1.807, 2.05) is 0 Å². The second-order valence-corrected chi connectivity index (χ2v) is 7.00. The average molecular weight is 353 g/mol. The van der Waals surface area contributed by atoms with Gasteiger partial charge < -0.3 is 9.47 Å². The predicted octanol–water partition coefficient (Wildman–Crippen LogP) is 2.67. The van der Waals surface area contributed by atoms with E-state index < -0.39 is 15.8 Å². The third-order valence-electron chi connectivity index (χ3n) is 3.63. The minimum atomic E-state index is -3.77. The van der Waals surface area contributed by atoms with Gasteiger partial charge in [-0.25, -0.2) is 17.5 Å². The Bertz CT molecular complexity index is 821. The molecule has 24 heavy (non-hydrogen) atoms. The van der Waals surface area contributed by atoms with E-state index in [9.17, 15) is 12.8 Å². The van der Waals surface area contributed by atoms with Gasteiger partial charge in [0.1, 0.15) is 17.3 Å². The minimum absolute atomic E-state index is 0.0943. The third kappa shape index (κ3) is 4.24. The molecule has 0 spiro atoms. The van der Waals surface area contributed by atoms with E-state index in [0.717, 1.165) is 11.6 Å². The minimum Gasteiger partial charge on any atom is -0.497 e. The molecule has 0 aliphatic carbocycles. The zero-order valence-corrected chi connectivity index (χ0v) is 14.6. The first-order valence-corrected chi connectivity index (χ1v) is 8.82. The number of ether oxygens (including phenoxy) is 2. The molecule has 1 N–H and O–H groups in total. The van der Waals surface area contributed by atoms with Gasteiger partial charge in [0.05, 0.1) is 19.1 Å². The van der Waals surface area contributed by atoms with Crippen LogP contribution in [-0.4, -0.2) is 29.2 Å². The van der Waals surface area contributed by atoms with Crippen LogP contribution in [0, 0.1) is 12.7 Å². The molecule has 2 rings (SSSR count). The summed E-state index contributed by atoms with van der Waals surface area (Å²) < 4.78 is 50.9. The normalized spacial score (nSPS) is 11.3. The van der Waals surface area contributed by atoms with Crippen LogP contribution in [0.2, 0.25) is 0 Å². The number of nitrogens with one attached hydrogen (secondary N) is 1. The zero-order chi connectivity index (χ0) is 17.7. The monoisotopic (exact) mass is 353 g/mol. The van der Waals surface area contributed by atoms with Crippen LogP contribution in [-0.2, 0) is 16.4 Å². The SMILES string of the molecule is COc1ccc(OC)c(CCNS(=O)(=O)c2ccc(C)c(F)c2)c1. The van der Waals surface area contributed by atoms with Crippen molar-refractivity contribution in [2.45, 2.75) is 18.2 Å². The maximum atomic E-state index is 13.6. The van der Waals surface area contributed by atoms with E-state index in [1.54, 1.807) is 39.3 Å². The average Bonchev–Trinajstić information content (AvgIpc) is 2.57. The Kier molecular flexibility index (Phi) is 5.80. The molecule has 0 fully saturated rings. The largest absolute Gasteiger partial charge is 0.497 e. The molecule has 0 aliphatic heterocycles. The Labute approximate surface area is 141 Å². The molecule has 2 aromatic carbocycles. The lowest BCUT2D eigenvalue weighted by Crippen LogP contribution is -2.26. The van der Waals surface area contributed by atoms with Crippen molar-refractivity contribution in [1.82, 2.24) is 4.72 Å². The van der Waals surface area contributed by atoms with E-state index in [2.05, 4.69) is 4.72 Å². The summed E-state index contributed by atoms with van der Waals surface area (Å²) in [5.74, 6) is 0.762. The molecule has 0 heterocycles. The topological polar surface area (TPSA) is 64.6 Å². The summed E-state index contributed by atoms with van der Waals surface area (Å²) in [6.07, 6.45) is 0.411. The maximum Gasteiger partial charge on any atom is 0.240 e. The summed E-state index contributed by atoms with van der Waals surface area (Å²) in [6.45, 7) is 1.73. The number of halogens is 1. The van der Waals surface area contributed by atoms with Crippen LogP contribution in [0.5, 0.6) is 11.5 Å². The number of sulfonamides is 1. The lowest BCUT2D eigenvalue weighted by Gasteiger charge is -2.11. The van der Waals surface area contributed by atoms with Crippen LogP contribution in [0.3, 0.4) is 0 Å². The number of aryl methyl sites for hydroxylation is 1. The molecule has 0 aromatic heterocycles. The van der Waals surface area contributed by atoms with Gasteiger partial charge in [-0.05, 0) is 54.8 Å². The van der Waals surface area contributed by atoms with Crippen molar-refractivity contribution >= 4 is 10.0 Å². The molecule has 0 aliphatic rings. The van der Waals surface area contributed by atoms with E-state index in [0.29, 0.717) is 23.5 Å². The number of methoxy groups -OCH3 is 2. The summed E-state index contributed by atoms with van der Waals surface area (Å²) in [5.41, 5.74) is 1.21. The molecule has 7 heteroatoms. The fourth-order valence-corrected chi connectivity index (χ4v) is 3.26. The Hall–Kier alpha value is -2.12. The second-order valence-electron chi connectivity index (χ2n) is 5.24. The van der Waals surface area contributed by atoms with Crippen molar-refractivity contribution in [3.05, 3.63) is 53.3 Å². The molecule has 0 saturated carbocycles. The molecule has 5 nitrogen and oxygen atoms in total. The number of hydrogen-bond donors (Lipinski definition) is 1. The molecular weight excluding hydrogens is 333 g/mol. The highest BCUT2D eigenvalue weighted by Crippen LogP contribution is 2.24. The smallest absolute Gasteiger partial charge is 0.240 e. The van der Waals surface area contributed by atoms with Gasteiger partial charge in [0.25, 0.3) is 0 Å². The first kappa shape index (κ1) is 18.2. The van der Waals surface area contributed by atoms with Gasteiger partial charge in [-0.15, -0.1) is 0 Å². The molecule has 0 saturated heterocycles. The number of hydrogen-bond acceptors (Lipinski definition) is 4. The zero-order valence-electron chi connectivity index (χ0n) is 13.8. The van der Waals surface area contributed by atoms with Gasteiger partial charge in [-0.1, -0.05) is 6.07 Å². The Morgan fingerprint density at radius 1 is 1.08 bits per heavy atom. The first-order chi connectivity index (χ1) is 11.4. The van der Waals surface area contributed by atoms with Crippen LogP contribution in [0.15, 0.2) is 41.3 Å². The third-order valence-corrected chi connectivity index (χ3v) is 5.09. The summed E-state index contributed by atoms with van der Waals surface area (Å²) in [4.78, 5) is -0.0943. The Balaban J connectivity index is 2.09. The van der Waals surface area contributed by atoms with Crippen molar-refractivity contribution in [1.29, 1.82) is 0 Å². The van der Waals surface area contributed by atoms with Gasteiger partial charge in [0.15, 0.2) is 0 Å². The Morgan fingerprint density at radius 3 is 2.46 bits per heavy atom. The molecular formula is C17H20FNO4S. The molecule has 0 atom stereocenters.